The third-order valence-corrected chi connectivity index (χ3v) is 1.98. The highest BCUT2D eigenvalue weighted by atomic mass is 35.5. The maximum absolute atomic E-state index is 13.2. The molecule has 0 saturated carbocycles. The summed E-state index contributed by atoms with van der Waals surface area (Å²) in [7, 11) is 0. The first-order chi connectivity index (χ1) is 7.16. The maximum atomic E-state index is 13.2. The molecular weight excluding hydrogens is 226 g/mol. The molecule has 0 atom stereocenters. The molecule has 3 nitrogen and oxygen atoms in total. The molecule has 2 aromatic rings. The Balaban J connectivity index is 2.31. The summed E-state index contributed by atoms with van der Waals surface area (Å²) in [6.45, 7) is 0. The summed E-state index contributed by atoms with van der Waals surface area (Å²) < 4.78 is 31.2. The molecule has 0 N–H and O–H groups in total. The van der Waals surface area contributed by atoms with Gasteiger partial charge in [-0.1, -0.05) is 11.2 Å². The summed E-state index contributed by atoms with van der Waals surface area (Å²) in [6, 6.07) is 3.61. The standard InChI is InChI=1S/C9H5ClF2N2O/c10-9-14-13-8(15-9)4-5-6(11)2-1-3-7(5)12/h1-3H,4H2. The van der Waals surface area contributed by atoms with Crippen LogP contribution in [0, 0.1) is 11.6 Å². The molecule has 15 heavy (non-hydrogen) atoms. The lowest BCUT2D eigenvalue weighted by Crippen LogP contribution is -1.97. The van der Waals surface area contributed by atoms with Crippen molar-refractivity contribution in [2.24, 2.45) is 0 Å². The fourth-order valence-electron chi connectivity index (χ4n) is 1.16. The second kappa shape index (κ2) is 3.94. The number of benzene rings is 1. The predicted molar refractivity (Wildman–Crippen MR) is 48.5 cm³/mol. The summed E-state index contributed by atoms with van der Waals surface area (Å²) in [5.41, 5.74) is -0.113. The van der Waals surface area contributed by atoms with Gasteiger partial charge in [0.15, 0.2) is 0 Å². The van der Waals surface area contributed by atoms with Crippen molar-refractivity contribution in [1.29, 1.82) is 0 Å². The van der Waals surface area contributed by atoms with Crippen LogP contribution in [-0.2, 0) is 6.42 Å². The highest BCUT2D eigenvalue weighted by molar-refractivity contribution is 6.27. The van der Waals surface area contributed by atoms with Crippen LogP contribution in [0.1, 0.15) is 11.5 Å². The zero-order chi connectivity index (χ0) is 10.8. The first kappa shape index (κ1) is 10.0. The molecule has 1 aromatic heterocycles. The van der Waals surface area contributed by atoms with Crippen molar-refractivity contribution in [3.8, 4) is 0 Å². The van der Waals surface area contributed by atoms with Gasteiger partial charge in [0.25, 0.3) is 0 Å². The van der Waals surface area contributed by atoms with Crippen LogP contribution in [0.15, 0.2) is 22.6 Å². The van der Waals surface area contributed by atoms with Gasteiger partial charge in [-0.05, 0) is 23.7 Å². The topological polar surface area (TPSA) is 38.9 Å². The largest absolute Gasteiger partial charge is 0.412 e. The molecular formula is C9H5ClF2N2O. The lowest BCUT2D eigenvalue weighted by Gasteiger charge is -2.00. The summed E-state index contributed by atoms with van der Waals surface area (Å²) in [5.74, 6) is -1.22. The van der Waals surface area contributed by atoms with Gasteiger partial charge in [0.1, 0.15) is 11.6 Å². The molecule has 0 fully saturated rings. The molecule has 2 rings (SSSR count). The van der Waals surface area contributed by atoms with Crippen LogP contribution < -0.4 is 0 Å². The van der Waals surface area contributed by atoms with E-state index in [0.29, 0.717) is 0 Å². The average Bonchev–Trinajstić information content (AvgIpc) is 2.58. The molecule has 0 spiro atoms. The second-order valence-electron chi connectivity index (χ2n) is 2.83. The third-order valence-electron chi connectivity index (χ3n) is 1.83. The van der Waals surface area contributed by atoms with Gasteiger partial charge in [-0.25, -0.2) is 8.78 Å². The monoisotopic (exact) mass is 230 g/mol. The number of hydrogen-bond acceptors (Lipinski definition) is 3. The minimum absolute atomic E-state index is 0.0731. The first-order valence-electron chi connectivity index (χ1n) is 4.07. The van der Waals surface area contributed by atoms with Crippen LogP contribution in [0.4, 0.5) is 8.78 Å². The van der Waals surface area contributed by atoms with Crippen molar-refractivity contribution in [2.75, 3.05) is 0 Å². The quantitative estimate of drug-likeness (QED) is 0.796. The van der Waals surface area contributed by atoms with E-state index in [9.17, 15) is 8.78 Å². The summed E-state index contributed by atoms with van der Waals surface area (Å²) in [4.78, 5) is 0. The van der Waals surface area contributed by atoms with Gasteiger partial charge in [-0.2, -0.15) is 0 Å². The molecule has 0 saturated heterocycles. The van der Waals surface area contributed by atoms with Gasteiger partial charge >= 0.3 is 5.35 Å². The number of aromatic nitrogens is 2. The van der Waals surface area contributed by atoms with E-state index in [2.05, 4.69) is 10.2 Å². The maximum Gasteiger partial charge on any atom is 0.312 e. The second-order valence-corrected chi connectivity index (χ2v) is 3.15. The Morgan fingerprint density at radius 1 is 1.20 bits per heavy atom. The zero-order valence-corrected chi connectivity index (χ0v) is 8.13. The van der Waals surface area contributed by atoms with Crippen molar-refractivity contribution in [2.45, 2.75) is 6.42 Å². The highest BCUT2D eigenvalue weighted by Gasteiger charge is 2.12. The van der Waals surface area contributed by atoms with E-state index < -0.39 is 11.6 Å². The average molecular weight is 231 g/mol. The van der Waals surface area contributed by atoms with Crippen LogP contribution in [0.3, 0.4) is 0 Å². The Morgan fingerprint density at radius 2 is 1.87 bits per heavy atom. The van der Waals surface area contributed by atoms with E-state index in [4.69, 9.17) is 16.0 Å². The highest BCUT2D eigenvalue weighted by Crippen LogP contribution is 2.17. The molecule has 0 aliphatic heterocycles. The molecule has 1 heterocycles. The molecule has 6 heteroatoms. The molecule has 0 bridgehead atoms. The van der Waals surface area contributed by atoms with Crippen molar-refractivity contribution >= 4 is 11.6 Å². The number of halogens is 3. The Bertz CT molecular complexity index is 466. The van der Waals surface area contributed by atoms with Crippen molar-refractivity contribution in [3.63, 3.8) is 0 Å². The van der Waals surface area contributed by atoms with E-state index in [1.807, 2.05) is 0 Å². The summed E-state index contributed by atoms with van der Waals surface area (Å²) in [5, 5.41) is 6.74. The number of nitrogens with zero attached hydrogens (tertiary/aromatic N) is 2. The van der Waals surface area contributed by atoms with Crippen LogP contribution in [0.25, 0.3) is 0 Å². The van der Waals surface area contributed by atoms with Crippen molar-refractivity contribution < 1.29 is 13.2 Å². The lowest BCUT2D eigenvalue weighted by molar-refractivity contribution is 0.490. The minimum Gasteiger partial charge on any atom is -0.412 e. The fourth-order valence-corrected chi connectivity index (χ4v) is 1.28. The molecule has 0 aliphatic rings. The Hall–Kier alpha value is -1.49. The smallest absolute Gasteiger partial charge is 0.312 e. The SMILES string of the molecule is Fc1cccc(F)c1Cc1nnc(Cl)o1. The summed E-state index contributed by atoms with van der Waals surface area (Å²) >= 11 is 5.38. The molecule has 0 aliphatic carbocycles. The zero-order valence-electron chi connectivity index (χ0n) is 7.38. The molecule has 0 radical (unpaired) electrons. The predicted octanol–water partition coefficient (Wildman–Crippen LogP) is 2.59. The fraction of sp³-hybridized carbons (Fsp3) is 0.111. The Labute approximate surface area is 88.7 Å². The molecule has 0 unspecified atom stereocenters. The van der Waals surface area contributed by atoms with Gasteiger partial charge in [0.05, 0.1) is 6.42 Å². The third kappa shape index (κ3) is 2.12. The summed E-state index contributed by atoms with van der Waals surface area (Å²) in [6.07, 6.45) is -0.113. The lowest BCUT2D eigenvalue weighted by atomic mass is 10.1. The Kier molecular flexibility index (Phi) is 2.64. The van der Waals surface area contributed by atoms with Gasteiger partial charge in [0.2, 0.25) is 5.89 Å². The number of hydrogen-bond donors (Lipinski definition) is 0. The number of rotatable bonds is 2. The van der Waals surface area contributed by atoms with E-state index in [-0.39, 0.29) is 23.2 Å². The van der Waals surface area contributed by atoms with E-state index >= 15 is 0 Å². The van der Waals surface area contributed by atoms with Gasteiger partial charge < -0.3 is 4.42 Å². The molecule has 0 amide bonds. The molecule has 78 valence electrons. The van der Waals surface area contributed by atoms with Gasteiger partial charge in [-0.3, -0.25) is 0 Å². The van der Waals surface area contributed by atoms with Crippen LogP contribution >= 0.6 is 11.6 Å². The van der Waals surface area contributed by atoms with E-state index in [0.717, 1.165) is 12.1 Å². The van der Waals surface area contributed by atoms with Crippen LogP contribution in [0.5, 0.6) is 0 Å². The minimum atomic E-state index is -0.649. The van der Waals surface area contributed by atoms with Gasteiger partial charge in [-0.15, -0.1) is 5.10 Å². The van der Waals surface area contributed by atoms with E-state index in [1.54, 1.807) is 0 Å². The van der Waals surface area contributed by atoms with Crippen LogP contribution in [0.2, 0.25) is 5.35 Å². The normalized spacial score (nSPS) is 10.6. The van der Waals surface area contributed by atoms with Gasteiger partial charge in [0, 0.05) is 5.56 Å². The first-order valence-corrected chi connectivity index (χ1v) is 4.45. The van der Waals surface area contributed by atoms with E-state index in [1.165, 1.54) is 6.07 Å². The van der Waals surface area contributed by atoms with Crippen molar-refractivity contribution in [3.05, 3.63) is 46.6 Å². The Morgan fingerprint density at radius 3 is 2.40 bits per heavy atom. The molecule has 1 aromatic carbocycles. The van der Waals surface area contributed by atoms with Crippen molar-refractivity contribution in [1.82, 2.24) is 10.2 Å². The van der Waals surface area contributed by atoms with Crippen LogP contribution in [-0.4, -0.2) is 10.2 Å².